The number of hydrogen-bond acceptors (Lipinski definition) is 3. The van der Waals surface area contributed by atoms with Crippen molar-refractivity contribution in [2.45, 2.75) is 31.8 Å². The minimum absolute atomic E-state index is 0.112. The van der Waals surface area contributed by atoms with Gasteiger partial charge in [-0.15, -0.1) is 0 Å². The number of nitrogens with one attached hydrogen (secondary N) is 2. The van der Waals surface area contributed by atoms with Crippen LogP contribution in [0.2, 0.25) is 0 Å². The first-order valence-electron chi connectivity index (χ1n) is 8.53. The van der Waals surface area contributed by atoms with Gasteiger partial charge in [0.05, 0.1) is 0 Å². The Bertz CT molecular complexity index is 858. The quantitative estimate of drug-likeness (QED) is 0.487. The average molecular weight is 498 g/mol. The van der Waals surface area contributed by atoms with Gasteiger partial charge in [0.15, 0.2) is 0 Å². The molecular formula is C20H20FIN2O4. The lowest BCUT2D eigenvalue weighted by Crippen LogP contribution is -2.52. The van der Waals surface area contributed by atoms with Gasteiger partial charge in [-0.3, -0.25) is 9.59 Å². The summed E-state index contributed by atoms with van der Waals surface area (Å²) in [7, 11) is 0. The van der Waals surface area contributed by atoms with Crippen LogP contribution in [0.4, 0.5) is 4.39 Å². The molecule has 0 aliphatic rings. The molecule has 28 heavy (non-hydrogen) atoms. The number of carboxylic acid groups (broad SMARTS) is 1. The average Bonchev–Trinajstić information content (AvgIpc) is 2.62. The van der Waals surface area contributed by atoms with Crippen molar-refractivity contribution in [3.8, 4) is 0 Å². The van der Waals surface area contributed by atoms with Gasteiger partial charge in [0.25, 0.3) is 0 Å². The van der Waals surface area contributed by atoms with Crippen LogP contribution in [0, 0.1) is 9.39 Å². The second kappa shape index (κ2) is 10.2. The fraction of sp³-hybridized carbons (Fsp3) is 0.250. The summed E-state index contributed by atoms with van der Waals surface area (Å²) in [6, 6.07) is 10.7. The van der Waals surface area contributed by atoms with E-state index in [0.29, 0.717) is 5.56 Å². The Morgan fingerprint density at radius 3 is 2.21 bits per heavy atom. The Kier molecular flexibility index (Phi) is 7.91. The highest BCUT2D eigenvalue weighted by molar-refractivity contribution is 14.1. The maximum Gasteiger partial charge on any atom is 0.326 e. The summed E-state index contributed by atoms with van der Waals surface area (Å²) in [5.41, 5.74) is 1.41. The molecule has 0 spiro atoms. The molecule has 0 radical (unpaired) electrons. The normalized spacial score (nSPS) is 12.7. The number of carbonyl (C=O) groups is 3. The molecule has 8 heteroatoms. The molecule has 0 aromatic heterocycles. The monoisotopic (exact) mass is 498 g/mol. The Morgan fingerprint density at radius 1 is 1.00 bits per heavy atom. The van der Waals surface area contributed by atoms with Crippen molar-refractivity contribution in [1.29, 1.82) is 0 Å². The van der Waals surface area contributed by atoms with Crippen LogP contribution in [-0.2, 0) is 27.2 Å². The summed E-state index contributed by atoms with van der Waals surface area (Å²) in [6.07, 6.45) is 0.225. The first-order valence-corrected chi connectivity index (χ1v) is 9.61. The van der Waals surface area contributed by atoms with E-state index in [-0.39, 0.29) is 12.8 Å². The lowest BCUT2D eigenvalue weighted by molar-refractivity contribution is -0.142. The predicted molar refractivity (Wildman–Crippen MR) is 110 cm³/mol. The van der Waals surface area contributed by atoms with Gasteiger partial charge < -0.3 is 15.7 Å². The largest absolute Gasteiger partial charge is 0.480 e. The lowest BCUT2D eigenvalue weighted by atomic mass is 10.0. The maximum absolute atomic E-state index is 13.1. The smallest absolute Gasteiger partial charge is 0.326 e. The molecule has 6 nitrogen and oxygen atoms in total. The van der Waals surface area contributed by atoms with Crippen LogP contribution in [-0.4, -0.2) is 35.0 Å². The molecule has 2 atom stereocenters. The second-order valence-electron chi connectivity index (χ2n) is 6.32. The second-order valence-corrected chi connectivity index (χ2v) is 7.56. The topological polar surface area (TPSA) is 95.5 Å². The molecule has 0 saturated heterocycles. The third-order valence-electron chi connectivity index (χ3n) is 3.99. The highest BCUT2D eigenvalue weighted by atomic mass is 127. The molecule has 2 rings (SSSR count). The third kappa shape index (κ3) is 6.91. The summed E-state index contributed by atoms with van der Waals surface area (Å²) < 4.78 is 14.0. The fourth-order valence-corrected chi connectivity index (χ4v) is 3.29. The van der Waals surface area contributed by atoms with Gasteiger partial charge in [-0.25, -0.2) is 9.18 Å². The molecule has 0 unspecified atom stereocenters. The summed E-state index contributed by atoms with van der Waals surface area (Å²) in [5.74, 6) is -2.62. The zero-order valence-electron chi connectivity index (χ0n) is 15.1. The Labute approximate surface area is 175 Å². The molecule has 0 aliphatic carbocycles. The number of hydrogen-bond donors (Lipinski definition) is 3. The number of benzene rings is 2. The van der Waals surface area contributed by atoms with Crippen LogP contribution in [0.1, 0.15) is 18.1 Å². The fourth-order valence-electron chi connectivity index (χ4n) is 2.68. The Balaban J connectivity index is 2.12. The Hall–Kier alpha value is -2.49. The minimum atomic E-state index is -1.17. The van der Waals surface area contributed by atoms with E-state index in [2.05, 4.69) is 33.2 Å². The number of carboxylic acids is 1. The van der Waals surface area contributed by atoms with Crippen molar-refractivity contribution >= 4 is 40.4 Å². The van der Waals surface area contributed by atoms with Crippen LogP contribution >= 0.6 is 22.6 Å². The van der Waals surface area contributed by atoms with Crippen LogP contribution in [0.3, 0.4) is 0 Å². The molecule has 0 heterocycles. The molecule has 2 amide bonds. The van der Waals surface area contributed by atoms with Crippen molar-refractivity contribution in [2.24, 2.45) is 0 Å². The number of amides is 2. The summed E-state index contributed by atoms with van der Waals surface area (Å²) in [6.45, 7) is 1.27. The van der Waals surface area contributed by atoms with Gasteiger partial charge in [-0.2, -0.15) is 0 Å². The van der Waals surface area contributed by atoms with E-state index in [1.165, 1.54) is 31.2 Å². The highest BCUT2D eigenvalue weighted by Crippen LogP contribution is 2.11. The molecule has 0 saturated carbocycles. The van der Waals surface area contributed by atoms with Gasteiger partial charge in [-0.1, -0.05) is 24.3 Å². The first kappa shape index (κ1) is 21.8. The van der Waals surface area contributed by atoms with Crippen molar-refractivity contribution in [1.82, 2.24) is 10.6 Å². The van der Waals surface area contributed by atoms with Crippen molar-refractivity contribution < 1.29 is 23.9 Å². The standard InChI is InChI=1S/C20H20FIN2O4/c1-12(25)23-17(10-13-5-7-15(21)8-6-13)19(26)24-18(20(27)28)11-14-3-2-4-16(22)9-14/h2-9,17-18H,10-11H2,1H3,(H,23,25)(H,24,26)(H,27,28)/t17-,18+/m0/s1. The van der Waals surface area contributed by atoms with E-state index in [9.17, 15) is 23.9 Å². The molecule has 0 bridgehead atoms. The highest BCUT2D eigenvalue weighted by Gasteiger charge is 2.26. The summed E-state index contributed by atoms with van der Waals surface area (Å²) >= 11 is 2.12. The molecule has 0 aliphatic heterocycles. The third-order valence-corrected chi connectivity index (χ3v) is 4.66. The zero-order valence-corrected chi connectivity index (χ0v) is 17.3. The molecule has 3 N–H and O–H groups in total. The Morgan fingerprint density at radius 2 is 1.64 bits per heavy atom. The van der Waals surface area contributed by atoms with E-state index in [0.717, 1.165) is 9.13 Å². The summed E-state index contributed by atoms with van der Waals surface area (Å²) in [5, 5.41) is 14.5. The van der Waals surface area contributed by atoms with Crippen LogP contribution < -0.4 is 10.6 Å². The number of carbonyl (C=O) groups excluding carboxylic acids is 2. The van der Waals surface area contributed by atoms with Crippen LogP contribution in [0.25, 0.3) is 0 Å². The lowest BCUT2D eigenvalue weighted by Gasteiger charge is -2.21. The molecular weight excluding hydrogens is 478 g/mol. The number of halogens is 2. The number of aliphatic carboxylic acids is 1. The van der Waals surface area contributed by atoms with Gasteiger partial charge in [0, 0.05) is 23.3 Å². The first-order chi connectivity index (χ1) is 13.2. The van der Waals surface area contributed by atoms with E-state index < -0.39 is 35.7 Å². The van der Waals surface area contributed by atoms with Crippen molar-refractivity contribution in [2.75, 3.05) is 0 Å². The molecule has 148 valence electrons. The minimum Gasteiger partial charge on any atom is -0.480 e. The van der Waals surface area contributed by atoms with Crippen molar-refractivity contribution in [3.05, 3.63) is 69.0 Å². The molecule has 0 fully saturated rings. The van der Waals surface area contributed by atoms with E-state index in [4.69, 9.17) is 0 Å². The van der Waals surface area contributed by atoms with Gasteiger partial charge in [0.2, 0.25) is 11.8 Å². The molecule has 2 aromatic rings. The SMILES string of the molecule is CC(=O)N[C@@H](Cc1ccc(F)cc1)C(=O)N[C@H](Cc1cccc(I)c1)C(=O)O. The van der Waals surface area contributed by atoms with E-state index in [1.54, 1.807) is 6.07 Å². The van der Waals surface area contributed by atoms with Gasteiger partial charge in [0.1, 0.15) is 17.9 Å². The maximum atomic E-state index is 13.1. The molecule has 2 aromatic carbocycles. The van der Waals surface area contributed by atoms with E-state index >= 15 is 0 Å². The van der Waals surface area contributed by atoms with Gasteiger partial charge >= 0.3 is 5.97 Å². The van der Waals surface area contributed by atoms with Crippen LogP contribution in [0.5, 0.6) is 0 Å². The zero-order chi connectivity index (χ0) is 20.7. The van der Waals surface area contributed by atoms with E-state index in [1.807, 2.05) is 18.2 Å². The van der Waals surface area contributed by atoms with Crippen LogP contribution in [0.15, 0.2) is 48.5 Å². The van der Waals surface area contributed by atoms with Crippen molar-refractivity contribution in [3.63, 3.8) is 0 Å². The summed E-state index contributed by atoms with van der Waals surface area (Å²) in [4.78, 5) is 35.8. The number of rotatable bonds is 8. The predicted octanol–water partition coefficient (Wildman–Crippen LogP) is 2.29. The van der Waals surface area contributed by atoms with Gasteiger partial charge in [-0.05, 0) is 58.0 Å².